The minimum absolute atomic E-state index is 0.308. The van der Waals surface area contributed by atoms with Crippen molar-refractivity contribution in [2.75, 3.05) is 9.80 Å². The molecule has 0 saturated carbocycles. The molecule has 0 saturated heterocycles. The summed E-state index contributed by atoms with van der Waals surface area (Å²) in [6, 6.07) is 28.3. The Morgan fingerprint density at radius 1 is 0.615 bits per heavy atom. The largest absolute Gasteiger partial charge is 0.355 e. The second kappa shape index (κ2) is 7.97. The summed E-state index contributed by atoms with van der Waals surface area (Å²) in [5, 5.41) is 21.0. The van der Waals surface area contributed by atoms with E-state index in [0.717, 1.165) is 55.7 Å². The molecule has 0 amide bonds. The fourth-order valence-electron chi connectivity index (χ4n) is 5.84. The number of nitrogens with zero attached hydrogens (tertiary/aromatic N) is 4. The van der Waals surface area contributed by atoms with E-state index >= 15 is 0 Å². The zero-order chi connectivity index (χ0) is 26.1. The van der Waals surface area contributed by atoms with Crippen molar-refractivity contribution in [3.05, 3.63) is 127 Å². The van der Waals surface area contributed by atoms with Gasteiger partial charge in [-0.15, -0.1) is 0 Å². The smallest absolute Gasteiger partial charge is 0.140 e. The summed E-state index contributed by atoms with van der Waals surface area (Å²) in [5.74, 6) is 0.308. The Balaban J connectivity index is 1.41. The van der Waals surface area contributed by atoms with Crippen molar-refractivity contribution >= 4 is 61.7 Å². The van der Waals surface area contributed by atoms with Crippen LogP contribution >= 0.6 is 0 Å². The summed E-state index contributed by atoms with van der Waals surface area (Å²) >= 11 is 0. The highest BCUT2D eigenvalue weighted by molar-refractivity contribution is 6.43. The van der Waals surface area contributed by atoms with E-state index in [9.17, 15) is 10.8 Å². The number of H-pyrrole nitrogens is 1. The van der Waals surface area contributed by atoms with Gasteiger partial charge >= 0.3 is 0 Å². The molecule has 5 heterocycles. The number of rotatable bonds is 2. The van der Waals surface area contributed by atoms with E-state index in [4.69, 9.17) is 0 Å². The van der Waals surface area contributed by atoms with E-state index in [2.05, 4.69) is 50.2 Å². The van der Waals surface area contributed by atoms with Gasteiger partial charge in [0.1, 0.15) is 5.84 Å². The van der Waals surface area contributed by atoms with E-state index in [-0.39, 0.29) is 0 Å². The zero-order valence-electron chi connectivity index (χ0n) is 20.7. The monoisotopic (exact) mass is 503 g/mol. The van der Waals surface area contributed by atoms with E-state index in [0.29, 0.717) is 22.8 Å². The lowest BCUT2D eigenvalue weighted by atomic mass is 10.0. The molecule has 0 bridgehead atoms. The topological polar surface area (TPSA) is 95.8 Å². The SMILES string of the molecule is N=C1/C(=C2\C(=N)N(c3ccccc3)c3cnccc32)N(c2ccc3[nH]c4ccccc4c3c2)c2cnccc21. The highest BCUT2D eigenvalue weighted by atomic mass is 15.2. The van der Waals surface area contributed by atoms with Gasteiger partial charge in [-0.1, -0.05) is 36.4 Å². The molecular formula is C32H21N7. The second-order valence-corrected chi connectivity index (χ2v) is 9.64. The van der Waals surface area contributed by atoms with Crippen LogP contribution in [0, 0.1) is 10.8 Å². The predicted octanol–water partition coefficient (Wildman–Crippen LogP) is 7.17. The summed E-state index contributed by atoms with van der Waals surface area (Å²) < 4.78 is 0. The van der Waals surface area contributed by atoms with Crippen molar-refractivity contribution in [2.45, 2.75) is 0 Å². The van der Waals surface area contributed by atoms with Crippen LogP contribution in [0.5, 0.6) is 0 Å². The number of hydrogen-bond donors (Lipinski definition) is 3. The van der Waals surface area contributed by atoms with E-state index in [1.807, 2.05) is 59.5 Å². The number of hydrogen-bond acceptors (Lipinski definition) is 5. The van der Waals surface area contributed by atoms with Gasteiger partial charge in [-0.25, -0.2) is 0 Å². The minimum atomic E-state index is 0.308. The van der Waals surface area contributed by atoms with E-state index in [1.54, 1.807) is 24.8 Å². The summed E-state index contributed by atoms with van der Waals surface area (Å²) in [5.41, 5.74) is 8.94. The first-order chi connectivity index (χ1) is 19.2. The van der Waals surface area contributed by atoms with Crippen molar-refractivity contribution in [1.82, 2.24) is 15.0 Å². The van der Waals surface area contributed by atoms with Gasteiger partial charge in [-0.05, 0) is 48.5 Å². The number of fused-ring (bicyclic) bond motifs is 5. The molecule has 8 rings (SSSR count). The van der Waals surface area contributed by atoms with Gasteiger partial charge in [0.2, 0.25) is 0 Å². The standard InChI is InChI=1S/C32H21N7/c33-30-23-13-15-36-18-28(23)38(20-10-11-26-24(16-20)21-8-4-5-9-25(21)37-26)31(30)29-22-12-14-35-17-27(22)39(32(29)34)19-6-2-1-3-7-19/h1-18,33-34,37H/b31-29+,33-30?,34-32?. The Morgan fingerprint density at radius 2 is 1.31 bits per heavy atom. The highest BCUT2D eigenvalue weighted by Gasteiger charge is 2.40. The molecule has 0 spiro atoms. The van der Waals surface area contributed by atoms with E-state index < -0.39 is 0 Å². The van der Waals surface area contributed by atoms with Crippen LogP contribution in [0.3, 0.4) is 0 Å². The first kappa shape index (κ1) is 21.5. The minimum Gasteiger partial charge on any atom is -0.355 e. The van der Waals surface area contributed by atoms with Crippen molar-refractivity contribution < 1.29 is 0 Å². The number of benzene rings is 3. The van der Waals surface area contributed by atoms with Crippen molar-refractivity contribution in [2.24, 2.45) is 0 Å². The van der Waals surface area contributed by atoms with Gasteiger partial charge in [0.15, 0.2) is 0 Å². The molecule has 7 heteroatoms. The molecule has 3 N–H and O–H groups in total. The van der Waals surface area contributed by atoms with Crippen molar-refractivity contribution in [1.29, 1.82) is 10.8 Å². The van der Waals surface area contributed by atoms with Crippen LogP contribution in [-0.2, 0) is 0 Å². The molecular weight excluding hydrogens is 482 g/mol. The van der Waals surface area contributed by atoms with E-state index in [1.165, 1.54) is 0 Å². The second-order valence-electron chi connectivity index (χ2n) is 9.64. The van der Waals surface area contributed by atoms with Gasteiger partial charge in [0, 0.05) is 56.7 Å². The number of aromatic nitrogens is 3. The molecule has 0 unspecified atom stereocenters. The molecule has 2 aliphatic rings. The third-order valence-electron chi connectivity index (χ3n) is 7.54. The average molecular weight is 504 g/mol. The Bertz CT molecular complexity index is 2020. The molecule has 6 aromatic rings. The molecule has 184 valence electrons. The molecule has 2 aliphatic heterocycles. The number of allylic oxidation sites excluding steroid dienone is 1. The van der Waals surface area contributed by atoms with Crippen molar-refractivity contribution in [3.63, 3.8) is 0 Å². The van der Waals surface area contributed by atoms with Crippen LogP contribution in [-0.4, -0.2) is 26.5 Å². The number of nitrogens with one attached hydrogen (secondary N) is 3. The fraction of sp³-hybridized carbons (Fsp3) is 0. The average Bonchev–Trinajstić information content (AvgIpc) is 3.60. The predicted molar refractivity (Wildman–Crippen MR) is 156 cm³/mol. The van der Waals surface area contributed by atoms with Gasteiger partial charge in [0.25, 0.3) is 0 Å². The molecule has 0 radical (unpaired) electrons. The molecule has 3 aromatic heterocycles. The quantitative estimate of drug-likeness (QED) is 0.233. The van der Waals surface area contributed by atoms with Gasteiger partial charge < -0.3 is 9.88 Å². The number of aromatic amines is 1. The lowest BCUT2D eigenvalue weighted by molar-refractivity contribution is 1.23. The molecule has 0 atom stereocenters. The maximum absolute atomic E-state index is 9.41. The highest BCUT2D eigenvalue weighted by Crippen LogP contribution is 2.49. The first-order valence-corrected chi connectivity index (χ1v) is 12.7. The zero-order valence-corrected chi connectivity index (χ0v) is 20.7. The maximum Gasteiger partial charge on any atom is 0.140 e. The van der Waals surface area contributed by atoms with Crippen LogP contribution in [0.2, 0.25) is 0 Å². The lowest BCUT2D eigenvalue weighted by Gasteiger charge is -2.24. The number of para-hydroxylation sites is 2. The van der Waals surface area contributed by atoms with Crippen LogP contribution < -0.4 is 9.80 Å². The number of pyridine rings is 2. The maximum atomic E-state index is 9.41. The summed E-state index contributed by atoms with van der Waals surface area (Å²) in [7, 11) is 0. The van der Waals surface area contributed by atoms with Crippen LogP contribution in [0.15, 0.2) is 115 Å². The lowest BCUT2D eigenvalue weighted by Crippen LogP contribution is -2.24. The fourth-order valence-corrected chi connectivity index (χ4v) is 5.84. The molecule has 3 aromatic carbocycles. The van der Waals surface area contributed by atoms with Gasteiger partial charge in [0.05, 0.1) is 40.8 Å². The molecule has 39 heavy (non-hydrogen) atoms. The molecule has 7 nitrogen and oxygen atoms in total. The first-order valence-electron chi connectivity index (χ1n) is 12.7. The Morgan fingerprint density at radius 3 is 2.13 bits per heavy atom. The Labute approximate surface area is 223 Å². The Hall–Kier alpha value is -5.56. The van der Waals surface area contributed by atoms with Crippen molar-refractivity contribution in [3.8, 4) is 0 Å². The van der Waals surface area contributed by atoms with Crippen LogP contribution in [0.25, 0.3) is 27.4 Å². The van der Waals surface area contributed by atoms with Gasteiger partial charge in [-0.3, -0.25) is 25.7 Å². The Kier molecular flexibility index (Phi) is 4.40. The number of anilines is 4. The molecule has 0 aliphatic carbocycles. The summed E-state index contributed by atoms with van der Waals surface area (Å²) in [6.45, 7) is 0. The summed E-state index contributed by atoms with van der Waals surface area (Å²) in [4.78, 5) is 16.3. The normalized spacial score (nSPS) is 16.4. The number of amidine groups is 1. The van der Waals surface area contributed by atoms with Crippen LogP contribution in [0.1, 0.15) is 11.1 Å². The third-order valence-corrected chi connectivity index (χ3v) is 7.54. The van der Waals surface area contributed by atoms with Crippen LogP contribution in [0.4, 0.5) is 22.7 Å². The third kappa shape index (κ3) is 2.98. The molecule has 0 fully saturated rings. The summed E-state index contributed by atoms with van der Waals surface area (Å²) in [6.07, 6.45) is 7.06. The van der Waals surface area contributed by atoms with Gasteiger partial charge in [-0.2, -0.15) is 0 Å².